The van der Waals surface area contributed by atoms with Crippen molar-refractivity contribution in [3.63, 3.8) is 0 Å². The van der Waals surface area contributed by atoms with E-state index in [0.717, 1.165) is 6.20 Å². The lowest BCUT2D eigenvalue weighted by Crippen LogP contribution is -2.50. The second-order valence-electron chi connectivity index (χ2n) is 11.5. The van der Waals surface area contributed by atoms with Crippen molar-refractivity contribution in [1.82, 2.24) is 19.9 Å². The fourth-order valence-electron chi connectivity index (χ4n) is 5.31. The van der Waals surface area contributed by atoms with Gasteiger partial charge in [-0.15, -0.1) is 0 Å². The first-order valence-corrected chi connectivity index (χ1v) is 13.9. The lowest BCUT2D eigenvalue weighted by atomic mass is 9.94. The Balaban J connectivity index is 1.50. The number of hydrogen-bond acceptors (Lipinski definition) is 8. The fourth-order valence-corrected chi connectivity index (χ4v) is 5.31. The SMILES string of the molecule is CC1CN(c2cc(F)c(-c3cnc(N4CCC(C)(O)CC4)nc3)cc2NC(=O)c2c[nH]c(=O)cc2C(F)(F)F)CCN1C. The molecule has 1 atom stereocenters. The minimum atomic E-state index is -4.95. The van der Waals surface area contributed by atoms with E-state index in [1.165, 1.54) is 24.5 Å². The highest BCUT2D eigenvalue weighted by Crippen LogP contribution is 2.37. The van der Waals surface area contributed by atoms with Crippen molar-refractivity contribution in [3.8, 4) is 11.1 Å². The van der Waals surface area contributed by atoms with Crippen LogP contribution in [0.2, 0.25) is 0 Å². The van der Waals surface area contributed by atoms with E-state index in [-0.39, 0.29) is 17.3 Å². The molecule has 2 saturated heterocycles. The second-order valence-corrected chi connectivity index (χ2v) is 11.5. The van der Waals surface area contributed by atoms with Gasteiger partial charge in [-0.25, -0.2) is 14.4 Å². The normalized spacial score (nSPS) is 19.4. The molecule has 2 aliphatic rings. The number of anilines is 3. The Bertz CT molecular complexity index is 1550. The second kappa shape index (κ2) is 11.6. The first-order chi connectivity index (χ1) is 20.2. The molecule has 230 valence electrons. The summed E-state index contributed by atoms with van der Waals surface area (Å²) in [5.74, 6) is -1.31. The largest absolute Gasteiger partial charge is 0.417 e. The zero-order chi connectivity index (χ0) is 31.1. The van der Waals surface area contributed by atoms with Gasteiger partial charge in [0.2, 0.25) is 11.5 Å². The summed E-state index contributed by atoms with van der Waals surface area (Å²) in [5, 5.41) is 12.8. The van der Waals surface area contributed by atoms with Gasteiger partial charge in [-0.3, -0.25) is 9.59 Å². The molecular weight excluding hydrogens is 570 g/mol. The summed E-state index contributed by atoms with van der Waals surface area (Å²) in [7, 11) is 1.96. The summed E-state index contributed by atoms with van der Waals surface area (Å²) in [6.07, 6.45) is -0.245. The van der Waals surface area contributed by atoms with Crippen LogP contribution in [0.4, 0.5) is 34.9 Å². The molecule has 1 aromatic carbocycles. The number of halogens is 4. The number of alkyl halides is 3. The van der Waals surface area contributed by atoms with Crippen molar-refractivity contribution >= 4 is 23.2 Å². The molecule has 1 unspecified atom stereocenters. The number of nitrogens with one attached hydrogen (secondary N) is 2. The van der Waals surface area contributed by atoms with E-state index < -0.39 is 40.2 Å². The molecule has 0 saturated carbocycles. The Hall–Kier alpha value is -4.04. The maximum atomic E-state index is 15.7. The van der Waals surface area contributed by atoms with Gasteiger partial charge < -0.3 is 30.1 Å². The standard InChI is InChI=1S/C29H33F4N7O3/c1-17-16-40(9-8-38(17)3)24-12-22(30)19(18-13-35-27(36-14-18)39-6-4-28(2,43)5-7-39)10-23(24)37-26(42)20-15-34-25(41)11-21(20)29(31,32)33/h10-15,17,43H,4-9,16H2,1-3H3,(H,34,41)(H,37,42). The number of carbonyl (C=O) groups excluding carboxylic acids is 1. The molecule has 3 aromatic rings. The molecule has 0 radical (unpaired) electrons. The highest BCUT2D eigenvalue weighted by atomic mass is 19.4. The van der Waals surface area contributed by atoms with Gasteiger partial charge in [-0.05, 0) is 45.9 Å². The molecule has 14 heteroatoms. The Kier molecular flexibility index (Phi) is 8.18. The number of H-pyrrole nitrogens is 1. The number of hydrogen-bond donors (Lipinski definition) is 3. The van der Waals surface area contributed by atoms with Crippen LogP contribution in [0.3, 0.4) is 0 Å². The molecule has 3 N–H and O–H groups in total. The van der Waals surface area contributed by atoms with Gasteiger partial charge in [0.1, 0.15) is 5.82 Å². The minimum Gasteiger partial charge on any atom is -0.390 e. The van der Waals surface area contributed by atoms with Crippen molar-refractivity contribution < 1.29 is 27.5 Å². The predicted molar refractivity (Wildman–Crippen MR) is 154 cm³/mol. The van der Waals surface area contributed by atoms with E-state index in [1.807, 2.05) is 23.8 Å². The van der Waals surface area contributed by atoms with E-state index in [0.29, 0.717) is 68.8 Å². The fraction of sp³-hybridized carbons (Fsp3) is 0.448. The summed E-state index contributed by atoms with van der Waals surface area (Å²) >= 11 is 0. The predicted octanol–water partition coefficient (Wildman–Crippen LogP) is 3.73. The first kappa shape index (κ1) is 30.4. The average molecular weight is 604 g/mol. The number of benzene rings is 1. The molecule has 1 amide bonds. The molecule has 0 aliphatic carbocycles. The van der Waals surface area contributed by atoms with Crippen LogP contribution < -0.4 is 20.7 Å². The number of pyridine rings is 1. The summed E-state index contributed by atoms with van der Waals surface area (Å²) in [5.41, 5.74) is -3.15. The maximum absolute atomic E-state index is 15.7. The Labute approximate surface area is 245 Å². The van der Waals surface area contributed by atoms with Crippen LogP contribution in [-0.4, -0.2) is 82.3 Å². The van der Waals surface area contributed by atoms with E-state index >= 15 is 4.39 Å². The number of nitrogens with zero attached hydrogens (tertiary/aromatic N) is 5. The summed E-state index contributed by atoms with van der Waals surface area (Å²) < 4.78 is 56.8. The van der Waals surface area contributed by atoms with Crippen LogP contribution in [0.1, 0.15) is 42.6 Å². The van der Waals surface area contributed by atoms with E-state index in [1.54, 1.807) is 6.92 Å². The van der Waals surface area contributed by atoms with Crippen LogP contribution in [-0.2, 0) is 6.18 Å². The van der Waals surface area contributed by atoms with Gasteiger partial charge in [0.15, 0.2) is 0 Å². The molecule has 5 rings (SSSR count). The molecule has 4 heterocycles. The van der Waals surface area contributed by atoms with Crippen molar-refractivity contribution in [2.24, 2.45) is 0 Å². The maximum Gasteiger partial charge on any atom is 0.417 e. The number of aromatic nitrogens is 3. The van der Waals surface area contributed by atoms with Gasteiger partial charge in [0.25, 0.3) is 5.91 Å². The number of aromatic amines is 1. The quantitative estimate of drug-likeness (QED) is 0.378. The van der Waals surface area contributed by atoms with Gasteiger partial charge in [0, 0.05) is 74.5 Å². The zero-order valence-corrected chi connectivity index (χ0v) is 24.0. The molecule has 2 aromatic heterocycles. The molecule has 2 fully saturated rings. The zero-order valence-electron chi connectivity index (χ0n) is 24.0. The Morgan fingerprint density at radius 1 is 1.09 bits per heavy atom. The highest BCUT2D eigenvalue weighted by molar-refractivity contribution is 6.07. The Morgan fingerprint density at radius 2 is 1.77 bits per heavy atom. The smallest absolute Gasteiger partial charge is 0.390 e. The van der Waals surface area contributed by atoms with E-state index in [9.17, 15) is 27.9 Å². The lowest BCUT2D eigenvalue weighted by Gasteiger charge is -2.39. The lowest BCUT2D eigenvalue weighted by molar-refractivity contribution is -0.138. The number of piperidine rings is 1. The van der Waals surface area contributed by atoms with Crippen LogP contribution in [0.5, 0.6) is 0 Å². The molecule has 0 bridgehead atoms. The topological polar surface area (TPSA) is 118 Å². The van der Waals surface area contributed by atoms with E-state index in [4.69, 9.17) is 0 Å². The summed E-state index contributed by atoms with van der Waals surface area (Å²) in [4.78, 5) is 41.7. The monoisotopic (exact) mass is 603 g/mol. The molecule has 2 aliphatic heterocycles. The van der Waals surface area contributed by atoms with Crippen molar-refractivity contribution in [2.75, 3.05) is 54.9 Å². The van der Waals surface area contributed by atoms with Gasteiger partial charge in [-0.2, -0.15) is 13.2 Å². The summed E-state index contributed by atoms with van der Waals surface area (Å²) in [6.45, 7) is 6.52. The number of carbonyl (C=O) groups is 1. The number of amides is 1. The van der Waals surface area contributed by atoms with Crippen LogP contribution in [0.25, 0.3) is 11.1 Å². The molecule has 43 heavy (non-hydrogen) atoms. The van der Waals surface area contributed by atoms with Crippen LogP contribution >= 0.6 is 0 Å². The number of piperazine rings is 1. The number of aliphatic hydroxyl groups is 1. The van der Waals surface area contributed by atoms with Crippen molar-refractivity contribution in [3.05, 3.63) is 64.1 Å². The Morgan fingerprint density at radius 3 is 2.40 bits per heavy atom. The third kappa shape index (κ3) is 6.64. The first-order valence-electron chi connectivity index (χ1n) is 13.9. The van der Waals surface area contributed by atoms with Crippen LogP contribution in [0.15, 0.2) is 41.6 Å². The van der Waals surface area contributed by atoms with Crippen molar-refractivity contribution in [1.29, 1.82) is 0 Å². The number of rotatable bonds is 5. The third-order valence-electron chi connectivity index (χ3n) is 8.18. The number of likely N-dealkylation sites (N-methyl/N-ethyl adjacent to an activating group) is 1. The highest BCUT2D eigenvalue weighted by Gasteiger charge is 2.36. The molecule has 10 nitrogen and oxygen atoms in total. The third-order valence-corrected chi connectivity index (χ3v) is 8.18. The molecular formula is C29H33F4N7O3. The van der Waals surface area contributed by atoms with Gasteiger partial charge in [0.05, 0.1) is 28.1 Å². The van der Waals surface area contributed by atoms with Crippen molar-refractivity contribution in [2.45, 2.75) is 44.5 Å². The van der Waals surface area contributed by atoms with Crippen LogP contribution in [0, 0.1) is 5.82 Å². The minimum absolute atomic E-state index is 0.0480. The average Bonchev–Trinajstić information content (AvgIpc) is 2.95. The van der Waals surface area contributed by atoms with E-state index in [2.05, 4.69) is 25.2 Å². The molecule has 0 spiro atoms. The van der Waals surface area contributed by atoms with Gasteiger partial charge in [-0.1, -0.05) is 0 Å². The summed E-state index contributed by atoms with van der Waals surface area (Å²) in [6, 6.07) is 3.04. The van der Waals surface area contributed by atoms with Gasteiger partial charge >= 0.3 is 6.18 Å².